The normalized spacial score (nSPS) is 43.4. The van der Waals surface area contributed by atoms with Crippen LogP contribution < -0.4 is 0 Å². The zero-order valence-electron chi connectivity index (χ0n) is 15.1. The summed E-state index contributed by atoms with van der Waals surface area (Å²) in [4.78, 5) is 12.7. The third kappa shape index (κ3) is 2.51. The second kappa shape index (κ2) is 5.83. The van der Waals surface area contributed by atoms with Gasteiger partial charge in [-0.3, -0.25) is 4.79 Å². The molecule has 3 fully saturated rings. The van der Waals surface area contributed by atoms with Crippen LogP contribution in [-0.2, 0) is 9.53 Å². The second-order valence-corrected chi connectivity index (χ2v) is 8.76. The van der Waals surface area contributed by atoms with Crippen molar-refractivity contribution in [2.45, 2.75) is 78.7 Å². The SMILES string of the molecule is CCC1CC(CC)C2C3CC(CC3C(=O)OC(C)(C)CC)C12. The van der Waals surface area contributed by atoms with Crippen molar-refractivity contribution in [3.05, 3.63) is 0 Å². The molecule has 0 aromatic heterocycles. The zero-order valence-corrected chi connectivity index (χ0v) is 15.1. The molecular weight excluding hydrogens is 272 g/mol. The van der Waals surface area contributed by atoms with Crippen molar-refractivity contribution >= 4 is 5.97 Å². The molecule has 0 aromatic rings. The lowest BCUT2D eigenvalue weighted by molar-refractivity contribution is -0.165. The van der Waals surface area contributed by atoms with Crippen LogP contribution in [0.5, 0.6) is 0 Å². The number of ether oxygens (including phenoxy) is 1. The van der Waals surface area contributed by atoms with Gasteiger partial charge in [-0.05, 0) is 75.0 Å². The highest BCUT2D eigenvalue weighted by atomic mass is 16.6. The van der Waals surface area contributed by atoms with Gasteiger partial charge in [-0.2, -0.15) is 0 Å². The number of hydrogen-bond donors (Lipinski definition) is 0. The molecule has 7 atom stereocenters. The molecule has 2 bridgehead atoms. The van der Waals surface area contributed by atoms with Gasteiger partial charge in [0.05, 0.1) is 5.92 Å². The lowest BCUT2D eigenvalue weighted by Gasteiger charge is -2.36. The third-order valence-electron chi connectivity index (χ3n) is 7.41. The van der Waals surface area contributed by atoms with Crippen LogP contribution in [0.3, 0.4) is 0 Å². The van der Waals surface area contributed by atoms with Crippen LogP contribution in [-0.4, -0.2) is 11.6 Å². The topological polar surface area (TPSA) is 26.3 Å². The van der Waals surface area contributed by atoms with E-state index in [4.69, 9.17) is 4.74 Å². The summed E-state index contributed by atoms with van der Waals surface area (Å²) in [6, 6.07) is 0. The monoisotopic (exact) mass is 306 g/mol. The van der Waals surface area contributed by atoms with Crippen molar-refractivity contribution in [3.8, 4) is 0 Å². The van der Waals surface area contributed by atoms with Crippen molar-refractivity contribution in [2.24, 2.45) is 41.4 Å². The maximum atomic E-state index is 12.7. The molecule has 0 spiro atoms. The molecule has 0 saturated heterocycles. The molecule has 0 aromatic carbocycles. The molecule has 3 aliphatic rings. The van der Waals surface area contributed by atoms with Gasteiger partial charge in [-0.25, -0.2) is 0 Å². The number of carbonyl (C=O) groups is 1. The molecule has 2 nitrogen and oxygen atoms in total. The van der Waals surface area contributed by atoms with E-state index in [2.05, 4.69) is 20.8 Å². The smallest absolute Gasteiger partial charge is 0.309 e. The molecule has 22 heavy (non-hydrogen) atoms. The van der Waals surface area contributed by atoms with E-state index < -0.39 is 0 Å². The molecule has 7 unspecified atom stereocenters. The van der Waals surface area contributed by atoms with Crippen molar-refractivity contribution in [1.82, 2.24) is 0 Å². The Bertz CT molecular complexity index is 427. The first kappa shape index (κ1) is 16.3. The number of fused-ring (bicyclic) bond motifs is 5. The first-order chi connectivity index (χ1) is 10.4. The third-order valence-corrected chi connectivity index (χ3v) is 7.41. The van der Waals surface area contributed by atoms with Crippen molar-refractivity contribution in [1.29, 1.82) is 0 Å². The van der Waals surface area contributed by atoms with Crippen LogP contribution >= 0.6 is 0 Å². The average Bonchev–Trinajstić information content (AvgIpc) is 3.16. The summed E-state index contributed by atoms with van der Waals surface area (Å²) in [6.45, 7) is 10.9. The fourth-order valence-corrected chi connectivity index (χ4v) is 6.09. The predicted molar refractivity (Wildman–Crippen MR) is 89.3 cm³/mol. The quantitative estimate of drug-likeness (QED) is 0.663. The van der Waals surface area contributed by atoms with Crippen LogP contribution in [0.2, 0.25) is 0 Å². The Morgan fingerprint density at radius 1 is 1.00 bits per heavy atom. The minimum absolute atomic E-state index is 0.104. The van der Waals surface area contributed by atoms with Crippen LogP contribution in [0.4, 0.5) is 0 Å². The summed E-state index contributed by atoms with van der Waals surface area (Å²) in [6.07, 6.45) is 7.34. The van der Waals surface area contributed by atoms with E-state index in [0.717, 1.165) is 42.4 Å². The van der Waals surface area contributed by atoms with Gasteiger partial charge in [-0.1, -0.05) is 33.6 Å². The highest BCUT2D eigenvalue weighted by molar-refractivity contribution is 5.74. The number of esters is 1. The first-order valence-electron chi connectivity index (χ1n) is 9.64. The fraction of sp³-hybridized carbons (Fsp3) is 0.950. The van der Waals surface area contributed by atoms with Gasteiger partial charge in [0.15, 0.2) is 0 Å². The number of carbonyl (C=O) groups excluding carboxylic acids is 1. The Morgan fingerprint density at radius 2 is 1.64 bits per heavy atom. The molecule has 3 rings (SSSR count). The Balaban J connectivity index is 1.74. The summed E-state index contributed by atoms with van der Waals surface area (Å²) >= 11 is 0. The van der Waals surface area contributed by atoms with E-state index in [1.54, 1.807) is 0 Å². The minimum Gasteiger partial charge on any atom is -0.459 e. The first-order valence-corrected chi connectivity index (χ1v) is 9.64. The van der Waals surface area contributed by atoms with Crippen molar-refractivity contribution in [3.63, 3.8) is 0 Å². The fourth-order valence-electron chi connectivity index (χ4n) is 6.09. The van der Waals surface area contributed by atoms with Gasteiger partial charge < -0.3 is 4.74 Å². The molecule has 0 heterocycles. The minimum atomic E-state index is -0.301. The molecule has 126 valence electrons. The lowest BCUT2D eigenvalue weighted by Crippen LogP contribution is -2.38. The number of hydrogen-bond acceptors (Lipinski definition) is 2. The van der Waals surface area contributed by atoms with Gasteiger partial charge in [0, 0.05) is 0 Å². The Hall–Kier alpha value is -0.530. The van der Waals surface area contributed by atoms with Gasteiger partial charge in [-0.15, -0.1) is 0 Å². The highest BCUT2D eigenvalue weighted by Gasteiger charge is 2.61. The zero-order chi connectivity index (χ0) is 16.1. The molecule has 0 aliphatic heterocycles. The van der Waals surface area contributed by atoms with Gasteiger partial charge in [0.2, 0.25) is 0 Å². The largest absolute Gasteiger partial charge is 0.459 e. The predicted octanol–water partition coefficient (Wildman–Crippen LogP) is 5.06. The summed E-state index contributed by atoms with van der Waals surface area (Å²) in [5, 5.41) is 0. The number of rotatable bonds is 5. The van der Waals surface area contributed by atoms with E-state index in [1.807, 2.05) is 13.8 Å². The van der Waals surface area contributed by atoms with Crippen LogP contribution in [0.15, 0.2) is 0 Å². The van der Waals surface area contributed by atoms with Gasteiger partial charge in [0.25, 0.3) is 0 Å². The summed E-state index contributed by atoms with van der Waals surface area (Å²) in [5.74, 6) is 5.25. The molecule has 3 aliphatic carbocycles. The summed E-state index contributed by atoms with van der Waals surface area (Å²) in [7, 11) is 0. The molecule has 0 radical (unpaired) electrons. The molecule has 0 amide bonds. The van der Waals surface area contributed by atoms with E-state index in [1.165, 1.54) is 25.7 Å². The van der Waals surface area contributed by atoms with E-state index in [-0.39, 0.29) is 17.5 Å². The summed E-state index contributed by atoms with van der Waals surface area (Å²) in [5.41, 5.74) is -0.301. The maximum Gasteiger partial charge on any atom is 0.309 e. The van der Waals surface area contributed by atoms with Crippen molar-refractivity contribution < 1.29 is 9.53 Å². The van der Waals surface area contributed by atoms with Crippen LogP contribution in [0, 0.1) is 41.4 Å². The summed E-state index contributed by atoms with van der Waals surface area (Å²) < 4.78 is 5.86. The van der Waals surface area contributed by atoms with Gasteiger partial charge >= 0.3 is 5.97 Å². The van der Waals surface area contributed by atoms with Crippen LogP contribution in [0.1, 0.15) is 73.1 Å². The Labute approximate surface area is 136 Å². The Kier molecular flexibility index (Phi) is 4.33. The standard InChI is InChI=1S/C20H34O2/c1-6-12-9-13(7-2)18-15-10-14(17(12)18)11-16(15)19(21)22-20(4,5)8-3/h12-18H,6-11H2,1-5H3. The molecule has 2 heteroatoms. The van der Waals surface area contributed by atoms with E-state index in [9.17, 15) is 4.79 Å². The van der Waals surface area contributed by atoms with Crippen LogP contribution in [0.25, 0.3) is 0 Å². The van der Waals surface area contributed by atoms with E-state index in [0.29, 0.717) is 5.92 Å². The van der Waals surface area contributed by atoms with Crippen molar-refractivity contribution in [2.75, 3.05) is 0 Å². The molecular formula is C20H34O2. The average molecular weight is 306 g/mol. The Morgan fingerprint density at radius 3 is 2.23 bits per heavy atom. The van der Waals surface area contributed by atoms with Gasteiger partial charge in [0.1, 0.15) is 5.60 Å². The second-order valence-electron chi connectivity index (χ2n) is 8.76. The maximum absolute atomic E-state index is 12.7. The van der Waals surface area contributed by atoms with E-state index >= 15 is 0 Å². The lowest BCUT2D eigenvalue weighted by atomic mass is 9.70. The highest BCUT2D eigenvalue weighted by Crippen LogP contribution is 2.65. The molecule has 0 N–H and O–H groups in total. The molecule has 3 saturated carbocycles.